The number of hydrogen-bond acceptors (Lipinski definition) is 4. The number of aromatic nitrogens is 1. The number of nitrogens with one attached hydrogen (secondary N) is 2. The van der Waals surface area contributed by atoms with Crippen molar-refractivity contribution in [3.8, 4) is 5.75 Å². The molecule has 1 aromatic heterocycles. The second kappa shape index (κ2) is 6.95. The maximum absolute atomic E-state index is 5.55. The zero-order valence-electron chi connectivity index (χ0n) is 11.6. The lowest BCUT2D eigenvalue weighted by Gasteiger charge is -2.10. The second-order valence-electron chi connectivity index (χ2n) is 4.35. The fourth-order valence-corrected chi connectivity index (χ4v) is 2.02. The summed E-state index contributed by atoms with van der Waals surface area (Å²) >= 11 is 0. The highest BCUT2D eigenvalue weighted by atomic mass is 16.5. The van der Waals surface area contributed by atoms with Crippen LogP contribution in [0, 0.1) is 0 Å². The van der Waals surface area contributed by atoms with E-state index in [-0.39, 0.29) is 0 Å². The van der Waals surface area contributed by atoms with Gasteiger partial charge in [0.15, 0.2) is 0 Å². The normalized spacial score (nSPS) is 10.6. The number of hydrogen-bond donors (Lipinski definition) is 2. The molecule has 0 saturated carbocycles. The van der Waals surface area contributed by atoms with Crippen LogP contribution in [0.1, 0.15) is 13.3 Å². The van der Waals surface area contributed by atoms with Gasteiger partial charge >= 0.3 is 0 Å². The molecule has 0 aliphatic heterocycles. The Bertz CT molecular complexity index is 528. The van der Waals surface area contributed by atoms with E-state index in [9.17, 15) is 0 Å². The minimum absolute atomic E-state index is 0.677. The van der Waals surface area contributed by atoms with Crippen LogP contribution in [0.2, 0.25) is 0 Å². The van der Waals surface area contributed by atoms with E-state index in [1.165, 1.54) is 0 Å². The molecule has 102 valence electrons. The van der Waals surface area contributed by atoms with Gasteiger partial charge in [-0.05, 0) is 51.2 Å². The standard InChI is InChI=1S/C15H21N3O/c1-3-19-12-5-6-14-13(11-12)15(7-10-18-14)17-9-4-8-16-2/h5-7,10-11,16H,3-4,8-9H2,1-2H3,(H,17,18). The van der Waals surface area contributed by atoms with Crippen LogP contribution in [0.15, 0.2) is 30.5 Å². The van der Waals surface area contributed by atoms with Gasteiger partial charge in [-0.2, -0.15) is 0 Å². The minimum atomic E-state index is 0.677. The molecule has 19 heavy (non-hydrogen) atoms. The number of anilines is 1. The van der Waals surface area contributed by atoms with E-state index in [0.29, 0.717) is 6.61 Å². The van der Waals surface area contributed by atoms with Crippen LogP contribution in [0.3, 0.4) is 0 Å². The SMILES string of the molecule is CCOc1ccc2nccc(NCCCNC)c2c1. The van der Waals surface area contributed by atoms with Gasteiger partial charge in [0, 0.05) is 23.8 Å². The van der Waals surface area contributed by atoms with Crippen molar-refractivity contribution in [1.29, 1.82) is 0 Å². The van der Waals surface area contributed by atoms with Crippen molar-refractivity contribution in [3.63, 3.8) is 0 Å². The first kappa shape index (κ1) is 13.6. The first-order valence-electron chi connectivity index (χ1n) is 6.75. The van der Waals surface area contributed by atoms with Crippen molar-refractivity contribution in [2.75, 3.05) is 32.1 Å². The number of rotatable bonds is 7. The highest BCUT2D eigenvalue weighted by Gasteiger charge is 2.03. The third-order valence-corrected chi connectivity index (χ3v) is 2.94. The highest BCUT2D eigenvalue weighted by Crippen LogP contribution is 2.25. The molecule has 2 rings (SSSR count). The molecular weight excluding hydrogens is 238 g/mol. The van der Waals surface area contributed by atoms with Gasteiger partial charge in [-0.3, -0.25) is 4.98 Å². The minimum Gasteiger partial charge on any atom is -0.494 e. The van der Waals surface area contributed by atoms with Gasteiger partial charge < -0.3 is 15.4 Å². The topological polar surface area (TPSA) is 46.2 Å². The number of benzene rings is 1. The average molecular weight is 259 g/mol. The molecule has 0 aliphatic carbocycles. The first-order chi connectivity index (χ1) is 9.35. The molecule has 4 nitrogen and oxygen atoms in total. The summed E-state index contributed by atoms with van der Waals surface area (Å²) in [6, 6.07) is 8.02. The van der Waals surface area contributed by atoms with Crippen molar-refractivity contribution in [2.45, 2.75) is 13.3 Å². The molecule has 0 unspecified atom stereocenters. The monoisotopic (exact) mass is 259 g/mol. The van der Waals surface area contributed by atoms with Gasteiger partial charge in [0.2, 0.25) is 0 Å². The molecule has 0 fully saturated rings. The Labute approximate surface area is 114 Å². The van der Waals surface area contributed by atoms with Crippen molar-refractivity contribution >= 4 is 16.6 Å². The van der Waals surface area contributed by atoms with Gasteiger partial charge in [-0.15, -0.1) is 0 Å². The Morgan fingerprint density at radius 2 is 2.11 bits per heavy atom. The van der Waals surface area contributed by atoms with Crippen molar-refractivity contribution < 1.29 is 4.74 Å². The summed E-state index contributed by atoms with van der Waals surface area (Å²) in [6.07, 6.45) is 2.93. The van der Waals surface area contributed by atoms with E-state index >= 15 is 0 Å². The molecule has 0 bridgehead atoms. The van der Waals surface area contributed by atoms with Gasteiger partial charge in [0.1, 0.15) is 5.75 Å². The number of nitrogens with zero attached hydrogens (tertiary/aromatic N) is 1. The number of fused-ring (bicyclic) bond motifs is 1. The maximum Gasteiger partial charge on any atom is 0.120 e. The number of pyridine rings is 1. The Balaban J connectivity index is 2.19. The summed E-state index contributed by atoms with van der Waals surface area (Å²) < 4.78 is 5.55. The quantitative estimate of drug-likeness (QED) is 0.750. The van der Waals surface area contributed by atoms with Gasteiger partial charge in [0.25, 0.3) is 0 Å². The molecule has 0 radical (unpaired) electrons. The van der Waals surface area contributed by atoms with Crippen LogP contribution in [-0.4, -0.2) is 31.7 Å². The van der Waals surface area contributed by atoms with Crippen molar-refractivity contribution in [2.24, 2.45) is 0 Å². The largest absolute Gasteiger partial charge is 0.494 e. The van der Waals surface area contributed by atoms with Crippen LogP contribution in [0.25, 0.3) is 10.9 Å². The van der Waals surface area contributed by atoms with Crippen LogP contribution < -0.4 is 15.4 Å². The summed E-state index contributed by atoms with van der Waals surface area (Å²) in [7, 11) is 1.97. The molecule has 2 N–H and O–H groups in total. The smallest absolute Gasteiger partial charge is 0.120 e. The number of ether oxygens (including phenoxy) is 1. The Hall–Kier alpha value is -1.81. The molecule has 4 heteroatoms. The summed E-state index contributed by atoms with van der Waals surface area (Å²) in [5, 5.41) is 7.71. The Morgan fingerprint density at radius 3 is 2.89 bits per heavy atom. The molecule has 0 amide bonds. The Morgan fingerprint density at radius 1 is 1.21 bits per heavy atom. The van der Waals surface area contributed by atoms with Gasteiger partial charge in [0.05, 0.1) is 12.1 Å². The van der Waals surface area contributed by atoms with E-state index in [1.54, 1.807) is 0 Å². The molecule has 0 saturated heterocycles. The predicted molar refractivity (Wildman–Crippen MR) is 79.9 cm³/mol. The second-order valence-corrected chi connectivity index (χ2v) is 4.35. The summed E-state index contributed by atoms with van der Waals surface area (Å²) in [6.45, 7) is 4.63. The molecular formula is C15H21N3O. The lowest BCUT2D eigenvalue weighted by Crippen LogP contribution is -2.13. The lowest BCUT2D eigenvalue weighted by atomic mass is 10.1. The van der Waals surface area contributed by atoms with Crippen molar-refractivity contribution in [3.05, 3.63) is 30.5 Å². The average Bonchev–Trinajstić information content (AvgIpc) is 2.44. The lowest BCUT2D eigenvalue weighted by molar-refractivity contribution is 0.340. The molecule has 0 aliphatic rings. The summed E-state index contributed by atoms with van der Waals surface area (Å²) in [4.78, 5) is 4.38. The van der Waals surface area contributed by atoms with E-state index in [0.717, 1.165) is 41.9 Å². The Kier molecular flexibility index (Phi) is 4.98. The van der Waals surface area contributed by atoms with E-state index in [2.05, 4.69) is 15.6 Å². The molecule has 1 heterocycles. The van der Waals surface area contributed by atoms with Crippen LogP contribution in [0.4, 0.5) is 5.69 Å². The van der Waals surface area contributed by atoms with E-state index in [4.69, 9.17) is 4.74 Å². The first-order valence-corrected chi connectivity index (χ1v) is 6.75. The van der Waals surface area contributed by atoms with Crippen LogP contribution >= 0.6 is 0 Å². The molecule has 0 spiro atoms. The van der Waals surface area contributed by atoms with E-state index in [1.807, 2.05) is 44.4 Å². The fourth-order valence-electron chi connectivity index (χ4n) is 2.02. The molecule has 1 aromatic carbocycles. The van der Waals surface area contributed by atoms with Gasteiger partial charge in [-0.25, -0.2) is 0 Å². The predicted octanol–water partition coefficient (Wildman–Crippen LogP) is 2.65. The summed E-state index contributed by atoms with van der Waals surface area (Å²) in [5.74, 6) is 0.890. The zero-order chi connectivity index (χ0) is 13.5. The molecule has 2 aromatic rings. The highest BCUT2D eigenvalue weighted by molar-refractivity contribution is 5.92. The summed E-state index contributed by atoms with van der Waals surface area (Å²) in [5.41, 5.74) is 2.10. The van der Waals surface area contributed by atoms with Gasteiger partial charge in [-0.1, -0.05) is 0 Å². The van der Waals surface area contributed by atoms with Crippen LogP contribution in [0.5, 0.6) is 5.75 Å². The van der Waals surface area contributed by atoms with Crippen molar-refractivity contribution in [1.82, 2.24) is 10.3 Å². The fraction of sp³-hybridized carbons (Fsp3) is 0.400. The third-order valence-electron chi connectivity index (χ3n) is 2.94. The van der Waals surface area contributed by atoms with E-state index < -0.39 is 0 Å². The third kappa shape index (κ3) is 3.58. The zero-order valence-corrected chi connectivity index (χ0v) is 11.6. The van der Waals surface area contributed by atoms with Crippen LogP contribution in [-0.2, 0) is 0 Å². The molecule has 0 atom stereocenters. The maximum atomic E-state index is 5.55.